The lowest BCUT2D eigenvalue weighted by Crippen LogP contribution is -1.97. The standard InChI is InChI=1S/C3H6O3/c1-2-6-3(4)5/h2H2,1H3,(H,4,5)/i/hD. The van der Waals surface area contributed by atoms with Crippen LogP contribution in [0.4, 0.5) is 4.79 Å². The van der Waals surface area contributed by atoms with E-state index in [9.17, 15) is 4.79 Å². The summed E-state index contributed by atoms with van der Waals surface area (Å²) in [5.41, 5.74) is 0. The molecule has 0 aromatic carbocycles. The van der Waals surface area contributed by atoms with Gasteiger partial charge in [-0.15, -0.1) is 0 Å². The molecule has 0 aromatic rings. The van der Waals surface area contributed by atoms with Gasteiger partial charge in [0.25, 0.3) is 0 Å². The van der Waals surface area contributed by atoms with Gasteiger partial charge in [0.15, 0.2) is 0 Å². The molecule has 0 spiro atoms. The Morgan fingerprint density at radius 3 is 3.17 bits per heavy atom. The summed E-state index contributed by atoms with van der Waals surface area (Å²) in [5, 5.41) is 3.38. The van der Waals surface area contributed by atoms with Crippen molar-refractivity contribution in [3.8, 4) is 0 Å². The molecule has 0 heterocycles. The van der Waals surface area contributed by atoms with Crippen LogP contribution in [0.5, 0.6) is 0 Å². The predicted molar refractivity (Wildman–Crippen MR) is 19.7 cm³/mol. The molecule has 1 N–H and O–H groups in total. The van der Waals surface area contributed by atoms with Crippen LogP contribution in [0.25, 0.3) is 1.43 Å². The van der Waals surface area contributed by atoms with Crippen LogP contribution in [0.1, 0.15) is 6.92 Å². The molecule has 0 saturated carbocycles. The van der Waals surface area contributed by atoms with Crippen molar-refractivity contribution in [2.24, 2.45) is 0 Å². The number of carboxylic acid groups (broad SMARTS) is 1. The first-order valence-corrected chi connectivity index (χ1v) is 1.61. The molecule has 0 aliphatic heterocycles. The Morgan fingerprint density at radius 1 is 2.33 bits per heavy atom. The summed E-state index contributed by atoms with van der Waals surface area (Å²) in [4.78, 5) is 9.78. The summed E-state index contributed by atoms with van der Waals surface area (Å²) < 4.78 is 10.1. The van der Waals surface area contributed by atoms with Crippen molar-refractivity contribution >= 4 is 6.16 Å². The molecular weight excluding hydrogens is 84.0 g/mol. The highest BCUT2D eigenvalue weighted by Crippen LogP contribution is 1.69. The zero-order valence-corrected chi connectivity index (χ0v) is 3.43. The number of carbonyl (C=O) groups is 1. The van der Waals surface area contributed by atoms with Gasteiger partial charge in [0.05, 0.1) is 6.61 Å². The highest BCUT2D eigenvalue weighted by Gasteiger charge is 1.86. The topological polar surface area (TPSA) is 46.5 Å². The van der Waals surface area contributed by atoms with Crippen molar-refractivity contribution < 1.29 is 14.6 Å². The Bertz CT molecular complexity index is 63.2. The minimum atomic E-state index is -0.956. The summed E-state index contributed by atoms with van der Waals surface area (Å²) >= 11 is 0. The SMILES string of the molecule is [2H]OC(=O)OCC. The van der Waals surface area contributed by atoms with E-state index >= 15 is 0 Å². The third-order valence-electron chi connectivity index (χ3n) is 0.262. The normalized spacial score (nSPS) is 9.17. The lowest BCUT2D eigenvalue weighted by atomic mass is 10.9. The minimum absolute atomic E-state index is 0.248. The molecule has 6 heavy (non-hydrogen) atoms. The summed E-state index contributed by atoms with van der Waals surface area (Å²) in [7, 11) is 0. The number of hydrogen-bond acceptors (Lipinski definition) is 3. The van der Waals surface area contributed by atoms with Crippen molar-refractivity contribution in [2.45, 2.75) is 6.92 Å². The van der Waals surface area contributed by atoms with Gasteiger partial charge in [-0.2, -0.15) is 0 Å². The quantitative estimate of drug-likeness (QED) is 0.483. The molecule has 0 fully saturated rings. The zero-order valence-electron chi connectivity index (χ0n) is 4.43. The molecule has 0 amide bonds. The van der Waals surface area contributed by atoms with Crippen molar-refractivity contribution in [3.63, 3.8) is 0 Å². The molecule has 0 bridgehead atoms. The molecule has 36 valence electrons. The van der Waals surface area contributed by atoms with E-state index in [0.717, 1.165) is 0 Å². The molecule has 3 nitrogen and oxygen atoms in total. The lowest BCUT2D eigenvalue weighted by molar-refractivity contribution is 0.0966. The fraction of sp³-hybridized carbons (Fsp3) is 0.667. The van der Waals surface area contributed by atoms with Crippen molar-refractivity contribution in [1.29, 1.82) is 1.43 Å². The molecule has 0 rings (SSSR count). The van der Waals surface area contributed by atoms with Crippen LogP contribution in [0.3, 0.4) is 0 Å². The Balaban J connectivity index is 3.00. The van der Waals surface area contributed by atoms with Gasteiger partial charge in [-0.25, -0.2) is 4.79 Å². The fourth-order valence-corrected chi connectivity index (χ4v) is 0.118. The maximum absolute atomic E-state index is 9.78. The summed E-state index contributed by atoms with van der Waals surface area (Å²) in [6.07, 6.45) is -0.956. The van der Waals surface area contributed by atoms with E-state index < -0.39 is 6.16 Å². The molecule has 3 heteroatoms. The molecule has 0 aliphatic carbocycles. The molecule has 0 saturated heterocycles. The maximum Gasteiger partial charge on any atom is 0.505 e. The van der Waals surface area contributed by atoms with Gasteiger partial charge in [0, 0.05) is 0 Å². The third-order valence-corrected chi connectivity index (χ3v) is 0.262. The predicted octanol–water partition coefficient (Wildman–Crippen LogP) is 0.701. The second kappa shape index (κ2) is 2.50. The zero-order chi connectivity index (χ0) is 5.70. The average Bonchev–Trinajstić information content (AvgIpc) is 1.68. The smallest absolute Gasteiger partial charge is 0.450 e. The molecule has 0 unspecified atom stereocenters. The van der Waals surface area contributed by atoms with E-state index in [-0.39, 0.29) is 6.61 Å². The largest absolute Gasteiger partial charge is 0.505 e. The van der Waals surface area contributed by atoms with Crippen LogP contribution in [-0.4, -0.2) is 17.9 Å². The summed E-state index contributed by atoms with van der Waals surface area (Å²) in [6.45, 7) is 1.88. The Labute approximate surface area is 37.0 Å². The first kappa shape index (κ1) is 3.46. The molecule has 0 aliphatic rings. The van der Waals surface area contributed by atoms with E-state index in [1.807, 2.05) is 0 Å². The van der Waals surface area contributed by atoms with Gasteiger partial charge in [-0.1, -0.05) is 0 Å². The lowest BCUT2D eigenvalue weighted by Gasteiger charge is -1.87. The van der Waals surface area contributed by atoms with Crippen molar-refractivity contribution in [3.05, 3.63) is 0 Å². The highest BCUT2D eigenvalue weighted by atomic mass is 16.7. The summed E-state index contributed by atoms with van der Waals surface area (Å²) in [6, 6.07) is 0. The number of ether oxygens (including phenoxy) is 1. The van der Waals surface area contributed by atoms with Crippen LogP contribution in [0.15, 0.2) is 0 Å². The maximum atomic E-state index is 9.78. The second-order valence-electron chi connectivity index (χ2n) is 0.683. The molecule has 0 radical (unpaired) electrons. The van der Waals surface area contributed by atoms with E-state index in [0.29, 0.717) is 0 Å². The Morgan fingerprint density at radius 2 is 3.00 bits per heavy atom. The van der Waals surface area contributed by atoms with Crippen LogP contribution < -0.4 is 0 Å². The van der Waals surface area contributed by atoms with Crippen molar-refractivity contribution in [1.82, 2.24) is 0 Å². The first-order chi connectivity index (χ1) is 3.31. The fourth-order valence-electron chi connectivity index (χ4n) is 0.118. The van der Waals surface area contributed by atoms with Crippen LogP contribution in [0.2, 0.25) is 0 Å². The van der Waals surface area contributed by atoms with Crippen molar-refractivity contribution in [2.75, 3.05) is 6.61 Å². The number of hydrogen-bond donors (Lipinski definition) is 1. The second-order valence-corrected chi connectivity index (χ2v) is 0.683. The molecular formula is C3H6O3. The van der Waals surface area contributed by atoms with Gasteiger partial charge in [0.2, 0.25) is 0 Å². The van der Waals surface area contributed by atoms with Crippen LogP contribution in [-0.2, 0) is 4.74 Å². The van der Waals surface area contributed by atoms with Gasteiger partial charge in [-0.05, 0) is 6.92 Å². The minimum Gasteiger partial charge on any atom is -0.450 e. The summed E-state index contributed by atoms with van der Waals surface area (Å²) in [5.74, 6) is 0. The van der Waals surface area contributed by atoms with E-state index in [4.69, 9.17) is 1.43 Å². The Kier molecular flexibility index (Phi) is 1.44. The van der Waals surface area contributed by atoms with Crippen LogP contribution >= 0.6 is 0 Å². The Hall–Kier alpha value is -0.730. The van der Waals surface area contributed by atoms with E-state index in [1.54, 1.807) is 6.92 Å². The van der Waals surface area contributed by atoms with Gasteiger partial charge in [-0.3, -0.25) is 0 Å². The average molecular weight is 91.1 g/mol. The van der Waals surface area contributed by atoms with Gasteiger partial charge >= 0.3 is 7.59 Å². The van der Waals surface area contributed by atoms with E-state index in [1.165, 1.54) is 0 Å². The molecule has 0 atom stereocenters. The van der Waals surface area contributed by atoms with E-state index in [2.05, 4.69) is 9.85 Å². The number of rotatable bonds is 1. The third kappa shape index (κ3) is 3.27. The highest BCUT2D eigenvalue weighted by molar-refractivity contribution is 5.56. The monoisotopic (exact) mass is 91.0 g/mol. The van der Waals surface area contributed by atoms with Crippen LogP contribution in [0, 0.1) is 0 Å². The molecule has 0 aromatic heterocycles. The first-order valence-electron chi connectivity index (χ1n) is 2.02. The van der Waals surface area contributed by atoms with Gasteiger partial charge in [0.1, 0.15) is 0 Å². The van der Waals surface area contributed by atoms with Gasteiger partial charge < -0.3 is 9.85 Å².